The van der Waals surface area contributed by atoms with Gasteiger partial charge in [0, 0.05) is 11.9 Å². The molecule has 4 nitrogen and oxygen atoms in total. The fourth-order valence-electron chi connectivity index (χ4n) is 0.641. The predicted octanol–water partition coefficient (Wildman–Crippen LogP) is 0.598. The molecule has 0 aliphatic rings. The van der Waals surface area contributed by atoms with E-state index in [1.165, 1.54) is 6.20 Å². The van der Waals surface area contributed by atoms with Crippen molar-refractivity contribution in [2.45, 2.75) is 12.8 Å². The Bertz CT molecular complexity index is 218. The molecule has 0 bridgehead atoms. The first kappa shape index (κ1) is 6.80. The lowest BCUT2D eigenvalue weighted by atomic mass is 10.1. The van der Waals surface area contributed by atoms with Crippen LogP contribution in [0.1, 0.15) is 18.5 Å². The van der Waals surface area contributed by atoms with E-state index in [0.29, 0.717) is 5.69 Å². The summed E-state index contributed by atoms with van der Waals surface area (Å²) in [4.78, 5) is 10.3. The van der Waals surface area contributed by atoms with Gasteiger partial charge in [0.1, 0.15) is 0 Å². The summed E-state index contributed by atoms with van der Waals surface area (Å²) in [7, 11) is 0. The fraction of sp³-hybridized carbons (Fsp3) is 0.333. The molecule has 0 amide bonds. The van der Waals surface area contributed by atoms with Gasteiger partial charge in [0.2, 0.25) is 0 Å². The molecule has 1 heterocycles. The summed E-state index contributed by atoms with van der Waals surface area (Å²) < 4.78 is 0. The largest absolute Gasteiger partial charge is 0.481 e. The summed E-state index contributed by atoms with van der Waals surface area (Å²) in [6, 6.07) is 1.65. The maximum absolute atomic E-state index is 10.3. The first-order chi connectivity index (χ1) is 4.72. The van der Waals surface area contributed by atoms with Gasteiger partial charge in [0.15, 0.2) is 0 Å². The Morgan fingerprint density at radius 1 is 1.90 bits per heavy atom. The Morgan fingerprint density at radius 2 is 2.60 bits per heavy atom. The van der Waals surface area contributed by atoms with Crippen molar-refractivity contribution in [3.8, 4) is 0 Å². The minimum Gasteiger partial charge on any atom is -0.481 e. The van der Waals surface area contributed by atoms with Crippen LogP contribution in [-0.2, 0) is 4.79 Å². The van der Waals surface area contributed by atoms with Crippen LogP contribution in [0.4, 0.5) is 0 Å². The van der Waals surface area contributed by atoms with E-state index in [9.17, 15) is 4.79 Å². The van der Waals surface area contributed by atoms with Gasteiger partial charge in [0.25, 0.3) is 0 Å². The van der Waals surface area contributed by atoms with Crippen LogP contribution in [0.15, 0.2) is 12.3 Å². The monoisotopic (exact) mass is 140 g/mol. The zero-order valence-electron chi connectivity index (χ0n) is 5.53. The maximum Gasteiger partial charge on any atom is 0.312 e. The molecule has 1 atom stereocenters. The molecule has 1 aromatic rings. The molecule has 2 N–H and O–H groups in total. The van der Waals surface area contributed by atoms with Gasteiger partial charge in [0.05, 0.1) is 5.92 Å². The van der Waals surface area contributed by atoms with Crippen molar-refractivity contribution < 1.29 is 9.90 Å². The number of aromatic amines is 1. The van der Waals surface area contributed by atoms with E-state index < -0.39 is 11.9 Å². The Labute approximate surface area is 57.9 Å². The third kappa shape index (κ3) is 1.15. The van der Waals surface area contributed by atoms with Gasteiger partial charge in [-0.05, 0) is 13.0 Å². The number of carbonyl (C=O) groups is 1. The van der Waals surface area contributed by atoms with Crippen molar-refractivity contribution in [1.82, 2.24) is 10.2 Å². The van der Waals surface area contributed by atoms with Crippen LogP contribution in [0.25, 0.3) is 0 Å². The Kier molecular flexibility index (Phi) is 1.71. The predicted molar refractivity (Wildman–Crippen MR) is 34.6 cm³/mol. The normalized spacial score (nSPS) is 12.9. The highest BCUT2D eigenvalue weighted by Gasteiger charge is 2.13. The topological polar surface area (TPSA) is 66.0 Å². The third-order valence-electron chi connectivity index (χ3n) is 1.36. The molecule has 0 aliphatic carbocycles. The number of hydrogen-bond donors (Lipinski definition) is 2. The summed E-state index contributed by atoms with van der Waals surface area (Å²) in [5, 5.41) is 14.7. The molecular formula is C6H8N2O2. The number of hydrogen-bond acceptors (Lipinski definition) is 2. The Hall–Kier alpha value is -1.32. The first-order valence-electron chi connectivity index (χ1n) is 2.94. The standard InChI is InChI=1S/C6H8N2O2/c1-4(6(9)10)5-2-3-7-8-5/h2-4H,1H3,(H,7,8)(H,9,10)/t4-/m0/s1. The van der Waals surface area contributed by atoms with Crippen LogP contribution >= 0.6 is 0 Å². The van der Waals surface area contributed by atoms with E-state index in [4.69, 9.17) is 5.11 Å². The van der Waals surface area contributed by atoms with Gasteiger partial charge < -0.3 is 5.11 Å². The highest BCUT2D eigenvalue weighted by Crippen LogP contribution is 2.10. The number of aromatic nitrogens is 2. The molecule has 0 aliphatic heterocycles. The molecule has 1 rings (SSSR count). The van der Waals surface area contributed by atoms with Crippen molar-refractivity contribution in [1.29, 1.82) is 0 Å². The maximum atomic E-state index is 10.3. The number of carboxylic acid groups (broad SMARTS) is 1. The van der Waals surface area contributed by atoms with E-state index in [0.717, 1.165) is 0 Å². The second kappa shape index (κ2) is 2.51. The number of carboxylic acids is 1. The summed E-state index contributed by atoms with van der Waals surface area (Å²) >= 11 is 0. The Morgan fingerprint density at radius 3 is 3.00 bits per heavy atom. The molecule has 4 heteroatoms. The van der Waals surface area contributed by atoms with Gasteiger partial charge in [-0.25, -0.2) is 0 Å². The minimum atomic E-state index is -0.843. The number of aliphatic carboxylic acids is 1. The van der Waals surface area contributed by atoms with Crippen molar-refractivity contribution in [2.24, 2.45) is 0 Å². The summed E-state index contributed by atoms with van der Waals surface area (Å²) in [6.07, 6.45) is 1.54. The average Bonchev–Trinajstić information content (AvgIpc) is 2.36. The summed E-state index contributed by atoms with van der Waals surface area (Å²) in [6.45, 7) is 1.61. The molecule has 0 unspecified atom stereocenters. The number of nitrogens with one attached hydrogen (secondary N) is 1. The van der Waals surface area contributed by atoms with Crippen molar-refractivity contribution in [3.05, 3.63) is 18.0 Å². The SMILES string of the molecule is C[C@H](C(=O)O)c1ccn[nH]1. The molecule has 10 heavy (non-hydrogen) atoms. The molecule has 0 spiro atoms. The molecular weight excluding hydrogens is 132 g/mol. The summed E-state index contributed by atoms with van der Waals surface area (Å²) in [5.74, 6) is -1.34. The zero-order chi connectivity index (χ0) is 7.56. The lowest BCUT2D eigenvalue weighted by Gasteiger charge is -1.99. The highest BCUT2D eigenvalue weighted by molar-refractivity contribution is 5.74. The number of rotatable bonds is 2. The van der Waals surface area contributed by atoms with Crippen LogP contribution < -0.4 is 0 Å². The lowest BCUT2D eigenvalue weighted by molar-refractivity contribution is -0.138. The number of H-pyrrole nitrogens is 1. The molecule has 0 aromatic carbocycles. The molecule has 0 radical (unpaired) electrons. The van der Waals surface area contributed by atoms with E-state index in [1.54, 1.807) is 13.0 Å². The average molecular weight is 140 g/mol. The van der Waals surface area contributed by atoms with Gasteiger partial charge in [-0.1, -0.05) is 0 Å². The molecule has 54 valence electrons. The van der Waals surface area contributed by atoms with Gasteiger partial charge >= 0.3 is 5.97 Å². The van der Waals surface area contributed by atoms with Gasteiger partial charge in [-0.2, -0.15) is 5.10 Å². The minimum absolute atomic E-state index is 0.498. The lowest BCUT2D eigenvalue weighted by Crippen LogP contribution is -2.07. The van der Waals surface area contributed by atoms with Crippen molar-refractivity contribution in [2.75, 3.05) is 0 Å². The number of nitrogens with zero attached hydrogens (tertiary/aromatic N) is 1. The van der Waals surface area contributed by atoms with Crippen LogP contribution in [0.2, 0.25) is 0 Å². The van der Waals surface area contributed by atoms with Crippen molar-refractivity contribution >= 4 is 5.97 Å². The van der Waals surface area contributed by atoms with E-state index >= 15 is 0 Å². The van der Waals surface area contributed by atoms with Gasteiger partial charge in [-0.3, -0.25) is 9.89 Å². The highest BCUT2D eigenvalue weighted by atomic mass is 16.4. The van der Waals surface area contributed by atoms with Crippen LogP contribution in [0, 0.1) is 0 Å². The molecule has 0 fully saturated rings. The van der Waals surface area contributed by atoms with E-state index in [-0.39, 0.29) is 0 Å². The van der Waals surface area contributed by atoms with Crippen LogP contribution in [-0.4, -0.2) is 21.3 Å². The summed E-state index contributed by atoms with van der Waals surface area (Å²) in [5.41, 5.74) is 0.632. The molecule has 0 saturated heterocycles. The molecule has 1 aromatic heterocycles. The third-order valence-corrected chi connectivity index (χ3v) is 1.36. The smallest absolute Gasteiger partial charge is 0.312 e. The molecule has 0 saturated carbocycles. The van der Waals surface area contributed by atoms with Crippen LogP contribution in [0.5, 0.6) is 0 Å². The fourth-order valence-corrected chi connectivity index (χ4v) is 0.641. The van der Waals surface area contributed by atoms with E-state index in [2.05, 4.69) is 10.2 Å². The second-order valence-electron chi connectivity index (χ2n) is 2.07. The Balaban J connectivity index is 2.77. The van der Waals surface area contributed by atoms with Gasteiger partial charge in [-0.15, -0.1) is 0 Å². The zero-order valence-corrected chi connectivity index (χ0v) is 5.53. The second-order valence-corrected chi connectivity index (χ2v) is 2.07. The quantitative estimate of drug-likeness (QED) is 0.632. The van der Waals surface area contributed by atoms with Crippen molar-refractivity contribution in [3.63, 3.8) is 0 Å². The first-order valence-corrected chi connectivity index (χ1v) is 2.94. The van der Waals surface area contributed by atoms with E-state index in [1.807, 2.05) is 0 Å². The van der Waals surface area contributed by atoms with Crippen LogP contribution in [0.3, 0.4) is 0 Å².